The Labute approximate surface area is 151 Å². The van der Waals surface area contributed by atoms with E-state index in [9.17, 15) is 0 Å². The highest BCUT2D eigenvalue weighted by atomic mass is 15.3. The highest BCUT2D eigenvalue weighted by Gasteiger charge is 2.09. The molecule has 2 aromatic rings. The summed E-state index contributed by atoms with van der Waals surface area (Å²) in [6, 6.07) is 6.45. The lowest BCUT2D eigenvalue weighted by Crippen LogP contribution is -2.22. The van der Waals surface area contributed by atoms with Crippen LogP contribution in [0.5, 0.6) is 0 Å². The van der Waals surface area contributed by atoms with E-state index >= 15 is 0 Å². The van der Waals surface area contributed by atoms with E-state index in [2.05, 4.69) is 71.3 Å². The quantitative estimate of drug-likeness (QED) is 0.743. The molecule has 0 unspecified atom stereocenters. The molecule has 1 aromatic heterocycles. The molecule has 0 fully saturated rings. The summed E-state index contributed by atoms with van der Waals surface area (Å²) < 4.78 is 0. The second kappa shape index (κ2) is 9.20. The predicted molar refractivity (Wildman–Crippen MR) is 106 cm³/mol. The number of aryl methyl sites for hydroxylation is 1. The molecule has 0 saturated heterocycles. The molecule has 0 spiro atoms. The molecule has 136 valence electrons. The molecule has 0 aliphatic rings. The van der Waals surface area contributed by atoms with Crippen LogP contribution in [0, 0.1) is 6.92 Å². The van der Waals surface area contributed by atoms with Crippen LogP contribution in [0.25, 0.3) is 0 Å². The van der Waals surface area contributed by atoms with E-state index in [1.54, 1.807) is 6.20 Å². The number of nitrogens with zero attached hydrogens (tertiary/aromatic N) is 5. The van der Waals surface area contributed by atoms with E-state index in [0.717, 1.165) is 38.2 Å². The maximum atomic E-state index is 4.58. The van der Waals surface area contributed by atoms with E-state index in [4.69, 9.17) is 0 Å². The van der Waals surface area contributed by atoms with Gasteiger partial charge in [-0.05, 0) is 51.0 Å². The van der Waals surface area contributed by atoms with Crippen molar-refractivity contribution in [1.82, 2.24) is 15.2 Å². The third kappa shape index (κ3) is 5.05. The summed E-state index contributed by atoms with van der Waals surface area (Å²) in [5.41, 5.74) is 3.47. The first-order valence-electron chi connectivity index (χ1n) is 9.12. The van der Waals surface area contributed by atoms with Gasteiger partial charge >= 0.3 is 0 Å². The number of nitrogens with one attached hydrogen (secondary N) is 1. The standard InChI is InChI=1S/C19H30N6/c1-6-9-12-24(5)19-22-18(14-20-23-19)21-17-11-10-16(13-15(17)4)25(7-2)8-3/h10-11,13-14H,6-9,12H2,1-5H3,(H,21,22,23). The van der Waals surface area contributed by atoms with E-state index < -0.39 is 0 Å². The van der Waals surface area contributed by atoms with Crippen LogP contribution in [0.3, 0.4) is 0 Å². The highest BCUT2D eigenvalue weighted by molar-refractivity contribution is 5.65. The monoisotopic (exact) mass is 342 g/mol. The second-order valence-corrected chi connectivity index (χ2v) is 6.21. The summed E-state index contributed by atoms with van der Waals surface area (Å²) in [4.78, 5) is 8.96. The van der Waals surface area contributed by atoms with Crippen LogP contribution in [0.15, 0.2) is 24.4 Å². The molecule has 0 saturated carbocycles. The van der Waals surface area contributed by atoms with Crippen LogP contribution in [0.4, 0.5) is 23.1 Å². The first-order chi connectivity index (χ1) is 12.1. The SMILES string of the molecule is CCCCN(C)c1nncc(Nc2ccc(N(CC)CC)cc2C)n1. The van der Waals surface area contributed by atoms with Gasteiger partial charge in [0.1, 0.15) is 0 Å². The molecule has 6 nitrogen and oxygen atoms in total. The van der Waals surface area contributed by atoms with E-state index in [0.29, 0.717) is 11.8 Å². The average molecular weight is 342 g/mol. The van der Waals surface area contributed by atoms with Gasteiger partial charge in [0.2, 0.25) is 5.95 Å². The summed E-state index contributed by atoms with van der Waals surface area (Å²) in [7, 11) is 2.00. The number of hydrogen-bond donors (Lipinski definition) is 1. The fraction of sp³-hybridized carbons (Fsp3) is 0.526. The Balaban J connectivity index is 2.14. The highest BCUT2D eigenvalue weighted by Crippen LogP contribution is 2.25. The second-order valence-electron chi connectivity index (χ2n) is 6.21. The zero-order valence-electron chi connectivity index (χ0n) is 16.1. The molecule has 1 aromatic carbocycles. The zero-order valence-corrected chi connectivity index (χ0v) is 16.1. The van der Waals surface area contributed by atoms with E-state index in [-0.39, 0.29) is 0 Å². The lowest BCUT2D eigenvalue weighted by atomic mass is 10.1. The molecule has 6 heteroatoms. The van der Waals surface area contributed by atoms with E-state index in [1.165, 1.54) is 11.3 Å². The molecule has 0 aliphatic carbocycles. The Morgan fingerprint density at radius 2 is 1.88 bits per heavy atom. The van der Waals surface area contributed by atoms with Crippen LogP contribution >= 0.6 is 0 Å². The van der Waals surface area contributed by atoms with Crippen molar-refractivity contribution in [1.29, 1.82) is 0 Å². The number of aromatic nitrogens is 3. The minimum atomic E-state index is 0.649. The van der Waals surface area contributed by atoms with Crippen LogP contribution in [0.2, 0.25) is 0 Å². The van der Waals surface area contributed by atoms with Crippen LogP contribution < -0.4 is 15.1 Å². The Morgan fingerprint density at radius 1 is 1.12 bits per heavy atom. The van der Waals surface area contributed by atoms with Gasteiger partial charge in [-0.15, -0.1) is 5.10 Å². The van der Waals surface area contributed by atoms with E-state index in [1.807, 2.05) is 11.9 Å². The predicted octanol–water partition coefficient (Wildman–Crippen LogP) is 4.01. The maximum absolute atomic E-state index is 4.58. The van der Waals surface area contributed by atoms with Gasteiger partial charge in [0, 0.05) is 38.1 Å². The van der Waals surface area contributed by atoms with Crippen LogP contribution in [0.1, 0.15) is 39.2 Å². The van der Waals surface area contributed by atoms with Gasteiger partial charge in [-0.1, -0.05) is 13.3 Å². The third-order valence-corrected chi connectivity index (χ3v) is 4.34. The Morgan fingerprint density at radius 3 is 2.52 bits per heavy atom. The summed E-state index contributed by atoms with van der Waals surface area (Å²) in [5, 5.41) is 11.6. The summed E-state index contributed by atoms with van der Waals surface area (Å²) in [6.07, 6.45) is 3.92. The Kier molecular flexibility index (Phi) is 6.98. The molecular weight excluding hydrogens is 312 g/mol. The summed E-state index contributed by atoms with van der Waals surface area (Å²) >= 11 is 0. The molecule has 25 heavy (non-hydrogen) atoms. The average Bonchev–Trinajstić information content (AvgIpc) is 2.63. The van der Waals surface area contributed by atoms with Crippen molar-refractivity contribution in [2.24, 2.45) is 0 Å². The molecule has 1 N–H and O–H groups in total. The molecule has 1 heterocycles. The molecule has 0 radical (unpaired) electrons. The van der Waals surface area contributed by atoms with Crippen molar-refractivity contribution in [2.75, 3.05) is 41.8 Å². The normalized spacial score (nSPS) is 10.6. The van der Waals surface area contributed by atoms with Gasteiger partial charge in [-0.25, -0.2) is 0 Å². The number of rotatable bonds is 9. The number of hydrogen-bond acceptors (Lipinski definition) is 6. The van der Waals surface area contributed by atoms with Crippen LogP contribution in [-0.4, -0.2) is 41.9 Å². The number of anilines is 4. The molecule has 0 amide bonds. The summed E-state index contributed by atoms with van der Waals surface area (Å²) in [6.45, 7) is 11.6. The van der Waals surface area contributed by atoms with Crippen molar-refractivity contribution in [2.45, 2.75) is 40.5 Å². The van der Waals surface area contributed by atoms with Gasteiger partial charge in [-0.2, -0.15) is 10.1 Å². The van der Waals surface area contributed by atoms with Crippen molar-refractivity contribution >= 4 is 23.1 Å². The lowest BCUT2D eigenvalue weighted by Gasteiger charge is -2.22. The van der Waals surface area contributed by atoms with Gasteiger partial charge in [0.15, 0.2) is 5.82 Å². The van der Waals surface area contributed by atoms with Gasteiger partial charge < -0.3 is 15.1 Å². The first kappa shape index (κ1) is 19.0. The third-order valence-electron chi connectivity index (χ3n) is 4.34. The van der Waals surface area contributed by atoms with Crippen molar-refractivity contribution in [3.63, 3.8) is 0 Å². The Hall–Kier alpha value is -2.37. The molecule has 0 aliphatic heterocycles. The zero-order chi connectivity index (χ0) is 18.2. The van der Waals surface area contributed by atoms with Crippen LogP contribution in [-0.2, 0) is 0 Å². The largest absolute Gasteiger partial charge is 0.372 e. The fourth-order valence-electron chi connectivity index (χ4n) is 2.72. The van der Waals surface area contributed by atoms with Gasteiger partial charge in [-0.3, -0.25) is 0 Å². The smallest absolute Gasteiger partial charge is 0.247 e. The Bertz CT molecular complexity index is 669. The minimum absolute atomic E-state index is 0.649. The molecule has 2 rings (SSSR count). The van der Waals surface area contributed by atoms with Crippen molar-refractivity contribution in [3.8, 4) is 0 Å². The maximum Gasteiger partial charge on any atom is 0.247 e. The first-order valence-corrected chi connectivity index (χ1v) is 9.12. The molecule has 0 atom stereocenters. The van der Waals surface area contributed by atoms with Gasteiger partial charge in [0.25, 0.3) is 0 Å². The summed E-state index contributed by atoms with van der Waals surface area (Å²) in [5.74, 6) is 1.36. The minimum Gasteiger partial charge on any atom is -0.372 e. The lowest BCUT2D eigenvalue weighted by molar-refractivity contribution is 0.741. The fourth-order valence-corrected chi connectivity index (χ4v) is 2.72. The number of benzene rings is 1. The number of unbranched alkanes of at least 4 members (excludes halogenated alkanes) is 1. The van der Waals surface area contributed by atoms with Crippen molar-refractivity contribution in [3.05, 3.63) is 30.0 Å². The van der Waals surface area contributed by atoms with Gasteiger partial charge in [0.05, 0.1) is 6.20 Å². The van der Waals surface area contributed by atoms with Crippen molar-refractivity contribution < 1.29 is 0 Å². The molecular formula is C19H30N6. The topological polar surface area (TPSA) is 57.2 Å². The molecule has 0 bridgehead atoms.